The third-order valence-electron chi connectivity index (χ3n) is 7.15. The molecule has 3 aromatic rings. The van der Waals surface area contributed by atoms with Crippen LogP contribution in [0, 0.1) is 12.3 Å². The minimum absolute atomic E-state index is 0.112. The summed E-state index contributed by atoms with van der Waals surface area (Å²) in [4.78, 5) is 15.4. The number of nitrogens with one attached hydrogen (secondary N) is 1. The van der Waals surface area contributed by atoms with Crippen molar-refractivity contribution in [1.29, 1.82) is 0 Å². The van der Waals surface area contributed by atoms with Crippen LogP contribution in [0.4, 0.5) is 5.82 Å². The van der Waals surface area contributed by atoms with Crippen molar-refractivity contribution in [2.24, 2.45) is 11.1 Å². The van der Waals surface area contributed by atoms with Crippen LogP contribution in [0.5, 0.6) is 0 Å². The van der Waals surface area contributed by atoms with E-state index in [9.17, 15) is 5.11 Å². The van der Waals surface area contributed by atoms with Gasteiger partial charge in [-0.2, -0.15) is 0 Å². The molecule has 5 rings (SSSR count). The van der Waals surface area contributed by atoms with Crippen LogP contribution in [0.25, 0.3) is 22.2 Å². The fourth-order valence-corrected chi connectivity index (χ4v) is 5.37. The maximum absolute atomic E-state index is 10.1. The molecule has 6 heteroatoms. The van der Waals surface area contributed by atoms with Crippen molar-refractivity contribution >= 4 is 16.7 Å². The quantitative estimate of drug-likeness (QED) is 0.635. The molecule has 6 nitrogen and oxygen atoms in total. The van der Waals surface area contributed by atoms with Gasteiger partial charge in [0.05, 0.1) is 18.0 Å². The summed E-state index contributed by atoms with van der Waals surface area (Å²) < 4.78 is 0. The summed E-state index contributed by atoms with van der Waals surface area (Å²) in [5, 5.41) is 11.2. The molecule has 2 aliphatic rings. The first-order valence-corrected chi connectivity index (χ1v) is 10.7. The molecule has 1 aromatic carbocycles. The van der Waals surface area contributed by atoms with Gasteiger partial charge in [-0.15, -0.1) is 0 Å². The third-order valence-corrected chi connectivity index (χ3v) is 7.15. The number of nitrogens with two attached hydrogens (primary N) is 1. The molecule has 0 bridgehead atoms. The Bertz CT molecular complexity index is 1030. The van der Waals surface area contributed by atoms with Crippen LogP contribution in [0.15, 0.2) is 30.5 Å². The van der Waals surface area contributed by atoms with Crippen LogP contribution >= 0.6 is 0 Å². The third kappa shape index (κ3) is 3.02. The number of aromatic nitrogens is 3. The van der Waals surface area contributed by atoms with Gasteiger partial charge in [-0.05, 0) is 44.1 Å². The zero-order valence-electron chi connectivity index (χ0n) is 17.0. The lowest BCUT2D eigenvalue weighted by molar-refractivity contribution is 0.196. The molecule has 152 valence electrons. The first-order chi connectivity index (χ1) is 14.1. The van der Waals surface area contributed by atoms with Crippen LogP contribution < -0.4 is 10.6 Å². The molecular weight excluding hydrogens is 362 g/mol. The summed E-state index contributed by atoms with van der Waals surface area (Å²) in [7, 11) is 0. The van der Waals surface area contributed by atoms with Gasteiger partial charge < -0.3 is 20.7 Å². The van der Waals surface area contributed by atoms with E-state index in [1.54, 1.807) is 0 Å². The highest BCUT2D eigenvalue weighted by atomic mass is 16.3. The van der Waals surface area contributed by atoms with Crippen molar-refractivity contribution in [3.8, 4) is 11.3 Å². The predicted octanol–water partition coefficient (Wildman–Crippen LogP) is 3.52. The second kappa shape index (κ2) is 7.11. The second-order valence-corrected chi connectivity index (χ2v) is 8.68. The Hall–Kier alpha value is -2.44. The monoisotopic (exact) mass is 391 g/mol. The van der Waals surface area contributed by atoms with Gasteiger partial charge in [0.25, 0.3) is 0 Å². The molecule has 2 fully saturated rings. The summed E-state index contributed by atoms with van der Waals surface area (Å²) in [6, 6.07) is 8.52. The number of aromatic amines is 1. The van der Waals surface area contributed by atoms with E-state index in [1.807, 2.05) is 25.3 Å². The zero-order chi connectivity index (χ0) is 20.0. The van der Waals surface area contributed by atoms with Crippen molar-refractivity contribution in [2.45, 2.75) is 51.7 Å². The van der Waals surface area contributed by atoms with Crippen LogP contribution in [0.1, 0.15) is 43.5 Å². The van der Waals surface area contributed by atoms with Crippen LogP contribution in [0.2, 0.25) is 0 Å². The molecule has 3 heterocycles. The molecule has 1 aliphatic carbocycles. The van der Waals surface area contributed by atoms with Crippen molar-refractivity contribution in [3.63, 3.8) is 0 Å². The Balaban J connectivity index is 1.47. The maximum Gasteiger partial charge on any atom is 0.153 e. The SMILES string of the molecule is Cc1nc(N2CCC3(CCC[C@H]3N)CC2)c(CO)nc1-c1c[nH]c2ccccc12. The minimum Gasteiger partial charge on any atom is -0.390 e. The number of rotatable bonds is 3. The van der Waals surface area contributed by atoms with Crippen molar-refractivity contribution in [2.75, 3.05) is 18.0 Å². The smallest absolute Gasteiger partial charge is 0.153 e. The van der Waals surface area contributed by atoms with Crippen LogP contribution in [-0.2, 0) is 6.61 Å². The van der Waals surface area contributed by atoms with Gasteiger partial charge in [-0.25, -0.2) is 9.97 Å². The van der Waals surface area contributed by atoms with Gasteiger partial charge in [0.15, 0.2) is 5.82 Å². The van der Waals surface area contributed by atoms with Gasteiger partial charge in [0.2, 0.25) is 0 Å². The van der Waals surface area contributed by atoms with E-state index in [1.165, 1.54) is 12.8 Å². The Morgan fingerprint density at radius 3 is 2.72 bits per heavy atom. The summed E-state index contributed by atoms with van der Waals surface area (Å²) in [5.41, 5.74) is 11.2. The number of para-hydroxylation sites is 1. The number of nitrogens with zero attached hydrogens (tertiary/aromatic N) is 3. The summed E-state index contributed by atoms with van der Waals surface area (Å²) in [5.74, 6) is 0.829. The number of aryl methyl sites for hydroxylation is 1. The van der Waals surface area contributed by atoms with E-state index < -0.39 is 0 Å². The Morgan fingerprint density at radius 1 is 1.21 bits per heavy atom. The van der Waals surface area contributed by atoms with E-state index in [2.05, 4.69) is 22.0 Å². The predicted molar refractivity (Wildman–Crippen MR) is 116 cm³/mol. The average molecular weight is 392 g/mol. The zero-order valence-corrected chi connectivity index (χ0v) is 17.0. The molecule has 1 aliphatic heterocycles. The van der Waals surface area contributed by atoms with Crippen LogP contribution in [-0.4, -0.2) is 39.2 Å². The highest BCUT2D eigenvalue weighted by Gasteiger charge is 2.43. The largest absolute Gasteiger partial charge is 0.390 e. The van der Waals surface area contributed by atoms with Crippen molar-refractivity contribution < 1.29 is 5.11 Å². The number of aliphatic hydroxyl groups excluding tert-OH is 1. The fraction of sp³-hybridized carbons (Fsp3) is 0.478. The molecule has 4 N–H and O–H groups in total. The van der Waals surface area contributed by atoms with Crippen molar-refractivity contribution in [3.05, 3.63) is 41.9 Å². The van der Waals surface area contributed by atoms with Crippen LogP contribution in [0.3, 0.4) is 0 Å². The number of fused-ring (bicyclic) bond motifs is 1. The topological polar surface area (TPSA) is 91.1 Å². The number of aliphatic hydroxyl groups is 1. The van der Waals surface area contributed by atoms with E-state index in [4.69, 9.17) is 15.7 Å². The van der Waals surface area contributed by atoms with Gasteiger partial charge in [0, 0.05) is 41.8 Å². The summed E-state index contributed by atoms with van der Waals surface area (Å²) >= 11 is 0. The van der Waals surface area contributed by atoms with Gasteiger partial charge in [-0.3, -0.25) is 0 Å². The Kier molecular flexibility index (Phi) is 4.56. The first-order valence-electron chi connectivity index (χ1n) is 10.7. The Labute approximate surface area is 171 Å². The molecule has 1 atom stereocenters. The summed E-state index contributed by atoms with van der Waals surface area (Å²) in [6.45, 7) is 3.76. The molecule has 0 radical (unpaired) electrons. The number of benzene rings is 1. The van der Waals surface area contributed by atoms with E-state index in [-0.39, 0.29) is 6.61 Å². The average Bonchev–Trinajstić information content (AvgIpc) is 3.33. The van der Waals surface area contributed by atoms with Gasteiger partial charge >= 0.3 is 0 Å². The van der Waals surface area contributed by atoms with E-state index in [0.29, 0.717) is 17.2 Å². The normalized spacial score (nSPS) is 21.3. The van der Waals surface area contributed by atoms with E-state index >= 15 is 0 Å². The lowest BCUT2D eigenvalue weighted by Gasteiger charge is -2.42. The Morgan fingerprint density at radius 2 is 2.00 bits per heavy atom. The highest BCUT2D eigenvalue weighted by Crippen LogP contribution is 2.46. The first kappa shape index (κ1) is 18.6. The number of piperidine rings is 1. The van der Waals surface area contributed by atoms with E-state index in [0.717, 1.165) is 66.0 Å². The lowest BCUT2D eigenvalue weighted by Crippen LogP contribution is -2.47. The van der Waals surface area contributed by atoms with Gasteiger partial charge in [0.1, 0.15) is 5.69 Å². The molecule has 1 saturated carbocycles. The molecule has 29 heavy (non-hydrogen) atoms. The number of hydrogen-bond acceptors (Lipinski definition) is 5. The summed E-state index contributed by atoms with van der Waals surface area (Å²) in [6.07, 6.45) is 7.84. The minimum atomic E-state index is -0.112. The maximum atomic E-state index is 10.1. The van der Waals surface area contributed by atoms with Gasteiger partial charge in [-0.1, -0.05) is 24.6 Å². The molecule has 0 unspecified atom stereocenters. The number of hydrogen-bond donors (Lipinski definition) is 3. The molecule has 1 saturated heterocycles. The molecule has 1 spiro atoms. The van der Waals surface area contributed by atoms with Crippen molar-refractivity contribution in [1.82, 2.24) is 15.0 Å². The molecule has 2 aromatic heterocycles. The standard InChI is InChI=1S/C23H29N5O/c1-15-21(17-13-25-18-6-3-2-5-16(17)18)27-19(14-29)22(26-15)28-11-9-23(10-12-28)8-4-7-20(23)24/h2-3,5-6,13,20,25,29H,4,7-12,14,24H2,1H3/t20-/m1/s1. The fourth-order valence-electron chi connectivity index (χ4n) is 5.37. The number of anilines is 1. The number of H-pyrrole nitrogens is 1. The second-order valence-electron chi connectivity index (χ2n) is 8.68. The lowest BCUT2D eigenvalue weighted by atomic mass is 9.74. The molecular formula is C23H29N5O. The highest BCUT2D eigenvalue weighted by molar-refractivity contribution is 5.95. The molecule has 0 amide bonds.